The lowest BCUT2D eigenvalue weighted by Gasteiger charge is -2.09. The highest BCUT2D eigenvalue weighted by Crippen LogP contribution is 2.29. The fourth-order valence-electron chi connectivity index (χ4n) is 2.08. The second-order valence-electron chi connectivity index (χ2n) is 5.05. The first kappa shape index (κ1) is 12.7. The van der Waals surface area contributed by atoms with Crippen molar-refractivity contribution in [1.29, 1.82) is 0 Å². The summed E-state index contributed by atoms with van der Waals surface area (Å²) in [5.74, 6) is 1.23. The molecular weight excluding hydrogens is 222 g/mol. The highest BCUT2D eigenvalue weighted by Gasteiger charge is 2.14. The molecule has 1 aromatic heterocycles. The standard InChI is InChI=1S/C15H21N3/c1-4-10(2)9-13-14(15(16)18-17-13)12-7-5-11(3)6-8-12/h5-8,10H,4,9H2,1-3H3,(H3,16,17,18). The third kappa shape index (κ3) is 2.55. The van der Waals surface area contributed by atoms with Gasteiger partial charge in [0.05, 0.1) is 0 Å². The number of hydrogen-bond acceptors (Lipinski definition) is 2. The smallest absolute Gasteiger partial charge is 0.153 e. The number of nitrogens with two attached hydrogens (primary N) is 1. The van der Waals surface area contributed by atoms with Gasteiger partial charge in [-0.05, 0) is 24.8 Å². The van der Waals surface area contributed by atoms with Crippen LogP contribution in [0.5, 0.6) is 0 Å². The van der Waals surface area contributed by atoms with Gasteiger partial charge in [-0.1, -0.05) is 50.1 Å². The molecule has 0 fully saturated rings. The van der Waals surface area contributed by atoms with Crippen molar-refractivity contribution in [2.45, 2.75) is 33.6 Å². The van der Waals surface area contributed by atoms with Crippen molar-refractivity contribution in [2.24, 2.45) is 5.92 Å². The zero-order valence-corrected chi connectivity index (χ0v) is 11.3. The van der Waals surface area contributed by atoms with Gasteiger partial charge >= 0.3 is 0 Å². The number of nitrogen functional groups attached to an aromatic ring is 1. The number of nitrogens with zero attached hydrogens (tertiary/aromatic N) is 1. The molecule has 1 heterocycles. The van der Waals surface area contributed by atoms with E-state index >= 15 is 0 Å². The van der Waals surface area contributed by atoms with E-state index in [1.807, 2.05) is 0 Å². The van der Waals surface area contributed by atoms with Gasteiger partial charge in [-0.15, -0.1) is 0 Å². The van der Waals surface area contributed by atoms with Crippen LogP contribution in [0.4, 0.5) is 5.82 Å². The molecule has 1 unspecified atom stereocenters. The zero-order chi connectivity index (χ0) is 13.1. The van der Waals surface area contributed by atoms with E-state index in [2.05, 4.69) is 55.2 Å². The maximum Gasteiger partial charge on any atom is 0.153 e. The Labute approximate surface area is 108 Å². The van der Waals surface area contributed by atoms with Crippen molar-refractivity contribution >= 4 is 5.82 Å². The van der Waals surface area contributed by atoms with Gasteiger partial charge in [0.25, 0.3) is 0 Å². The van der Waals surface area contributed by atoms with Crippen LogP contribution in [-0.4, -0.2) is 10.2 Å². The lowest BCUT2D eigenvalue weighted by atomic mass is 9.96. The van der Waals surface area contributed by atoms with Crippen molar-refractivity contribution < 1.29 is 0 Å². The average molecular weight is 243 g/mol. The monoisotopic (exact) mass is 243 g/mol. The summed E-state index contributed by atoms with van der Waals surface area (Å²) < 4.78 is 0. The minimum absolute atomic E-state index is 0.595. The van der Waals surface area contributed by atoms with E-state index in [1.165, 1.54) is 5.56 Å². The number of aromatic nitrogens is 2. The van der Waals surface area contributed by atoms with Crippen LogP contribution in [0.3, 0.4) is 0 Å². The molecule has 96 valence electrons. The lowest BCUT2D eigenvalue weighted by Crippen LogP contribution is -2.00. The number of H-pyrrole nitrogens is 1. The summed E-state index contributed by atoms with van der Waals surface area (Å²) in [7, 11) is 0. The molecule has 0 aliphatic carbocycles. The predicted octanol–water partition coefficient (Wildman–Crippen LogP) is 3.56. The van der Waals surface area contributed by atoms with Crippen LogP contribution >= 0.6 is 0 Å². The molecule has 0 amide bonds. The highest BCUT2D eigenvalue weighted by molar-refractivity contribution is 5.76. The molecule has 0 saturated carbocycles. The Bertz CT molecular complexity index is 511. The van der Waals surface area contributed by atoms with Crippen LogP contribution in [0.1, 0.15) is 31.5 Å². The predicted molar refractivity (Wildman–Crippen MR) is 76.3 cm³/mol. The van der Waals surface area contributed by atoms with Crippen LogP contribution in [0.2, 0.25) is 0 Å². The quantitative estimate of drug-likeness (QED) is 0.862. The van der Waals surface area contributed by atoms with Gasteiger partial charge in [-0.2, -0.15) is 5.10 Å². The molecule has 0 bridgehead atoms. The minimum Gasteiger partial charge on any atom is -0.382 e. The molecule has 1 atom stereocenters. The first-order valence-corrected chi connectivity index (χ1v) is 6.51. The Morgan fingerprint density at radius 1 is 1.28 bits per heavy atom. The molecule has 3 nitrogen and oxygen atoms in total. The Kier molecular flexibility index (Phi) is 3.70. The first-order valence-electron chi connectivity index (χ1n) is 6.51. The number of aromatic amines is 1. The molecular formula is C15H21N3. The number of aryl methyl sites for hydroxylation is 1. The fraction of sp³-hybridized carbons (Fsp3) is 0.400. The SMILES string of the molecule is CCC(C)Cc1[nH]nc(N)c1-c1ccc(C)cc1. The van der Waals surface area contributed by atoms with Crippen LogP contribution in [0.15, 0.2) is 24.3 Å². The van der Waals surface area contributed by atoms with Crippen molar-refractivity contribution in [3.05, 3.63) is 35.5 Å². The van der Waals surface area contributed by atoms with E-state index < -0.39 is 0 Å². The summed E-state index contributed by atoms with van der Waals surface area (Å²) in [6, 6.07) is 8.43. The maximum absolute atomic E-state index is 5.99. The minimum atomic E-state index is 0.595. The fourth-order valence-corrected chi connectivity index (χ4v) is 2.08. The Hall–Kier alpha value is -1.77. The molecule has 0 radical (unpaired) electrons. The third-order valence-electron chi connectivity index (χ3n) is 3.46. The summed E-state index contributed by atoms with van der Waals surface area (Å²) in [6.07, 6.45) is 2.15. The second-order valence-corrected chi connectivity index (χ2v) is 5.05. The normalized spacial score (nSPS) is 12.6. The first-order chi connectivity index (χ1) is 8.61. The van der Waals surface area contributed by atoms with Gasteiger partial charge in [0.1, 0.15) is 0 Å². The number of hydrogen-bond donors (Lipinski definition) is 2. The van der Waals surface area contributed by atoms with Crippen LogP contribution in [-0.2, 0) is 6.42 Å². The number of nitrogens with one attached hydrogen (secondary N) is 1. The Morgan fingerprint density at radius 2 is 1.94 bits per heavy atom. The molecule has 3 heteroatoms. The molecule has 3 N–H and O–H groups in total. The molecule has 0 spiro atoms. The van der Waals surface area contributed by atoms with E-state index in [1.54, 1.807) is 0 Å². The second kappa shape index (κ2) is 5.25. The topological polar surface area (TPSA) is 54.7 Å². The van der Waals surface area contributed by atoms with Gasteiger partial charge in [0.15, 0.2) is 5.82 Å². The van der Waals surface area contributed by atoms with Gasteiger partial charge in [-0.3, -0.25) is 5.10 Å². The summed E-state index contributed by atoms with van der Waals surface area (Å²) in [6.45, 7) is 6.54. The van der Waals surface area contributed by atoms with Gasteiger partial charge in [0.2, 0.25) is 0 Å². The summed E-state index contributed by atoms with van der Waals surface area (Å²) in [5.41, 5.74) is 10.6. The van der Waals surface area contributed by atoms with E-state index in [0.717, 1.165) is 29.7 Å². The highest BCUT2D eigenvalue weighted by atomic mass is 15.2. The molecule has 0 aliphatic heterocycles. The zero-order valence-electron chi connectivity index (χ0n) is 11.3. The Morgan fingerprint density at radius 3 is 2.56 bits per heavy atom. The van der Waals surface area contributed by atoms with Crippen molar-refractivity contribution in [3.8, 4) is 11.1 Å². The molecule has 18 heavy (non-hydrogen) atoms. The third-order valence-corrected chi connectivity index (χ3v) is 3.46. The maximum atomic E-state index is 5.99. The van der Waals surface area contributed by atoms with E-state index in [9.17, 15) is 0 Å². The van der Waals surface area contributed by atoms with Gasteiger partial charge in [-0.25, -0.2) is 0 Å². The number of benzene rings is 1. The van der Waals surface area contributed by atoms with Crippen LogP contribution < -0.4 is 5.73 Å². The van der Waals surface area contributed by atoms with Crippen LogP contribution in [0.25, 0.3) is 11.1 Å². The molecule has 0 aliphatic rings. The summed E-state index contributed by atoms with van der Waals surface area (Å²) in [4.78, 5) is 0. The van der Waals surface area contributed by atoms with Crippen LogP contribution in [0, 0.1) is 12.8 Å². The van der Waals surface area contributed by atoms with Gasteiger partial charge < -0.3 is 5.73 Å². The number of rotatable bonds is 4. The Balaban J connectivity index is 2.37. The van der Waals surface area contributed by atoms with E-state index in [-0.39, 0.29) is 0 Å². The number of anilines is 1. The van der Waals surface area contributed by atoms with Crippen molar-refractivity contribution in [3.63, 3.8) is 0 Å². The van der Waals surface area contributed by atoms with Crippen molar-refractivity contribution in [2.75, 3.05) is 5.73 Å². The largest absolute Gasteiger partial charge is 0.382 e. The van der Waals surface area contributed by atoms with Crippen molar-refractivity contribution in [1.82, 2.24) is 10.2 Å². The van der Waals surface area contributed by atoms with Gasteiger partial charge in [0, 0.05) is 11.3 Å². The summed E-state index contributed by atoms with van der Waals surface area (Å²) in [5, 5.41) is 7.23. The molecule has 0 saturated heterocycles. The van der Waals surface area contributed by atoms with E-state index in [4.69, 9.17) is 5.73 Å². The summed E-state index contributed by atoms with van der Waals surface area (Å²) >= 11 is 0. The molecule has 2 rings (SSSR count). The lowest BCUT2D eigenvalue weighted by molar-refractivity contribution is 0.552. The average Bonchev–Trinajstić information content (AvgIpc) is 2.72. The molecule has 1 aromatic carbocycles. The molecule has 2 aromatic rings. The van der Waals surface area contributed by atoms with E-state index in [0.29, 0.717) is 11.7 Å².